The van der Waals surface area contributed by atoms with Crippen LogP contribution in [-0.2, 0) is 7.05 Å². The topological polar surface area (TPSA) is 34.9 Å². The number of benzene rings is 1. The van der Waals surface area contributed by atoms with Crippen LogP contribution in [0.3, 0.4) is 0 Å². The lowest BCUT2D eigenvalue weighted by Crippen LogP contribution is -2.09. The highest BCUT2D eigenvalue weighted by Crippen LogP contribution is 2.13. The monoisotopic (exact) mass is 218 g/mol. The maximum absolute atomic E-state index is 13.4. The van der Waals surface area contributed by atoms with Gasteiger partial charge in [-0.05, 0) is 25.1 Å². The molecule has 0 aliphatic carbocycles. The summed E-state index contributed by atoms with van der Waals surface area (Å²) in [6.07, 6.45) is 0. The van der Waals surface area contributed by atoms with Gasteiger partial charge in [0, 0.05) is 7.05 Å². The van der Waals surface area contributed by atoms with Crippen LogP contribution in [0.25, 0.3) is 0 Å². The largest absolute Gasteiger partial charge is 0.287 e. The number of halogens is 1. The van der Waals surface area contributed by atoms with Crippen molar-refractivity contribution in [3.05, 3.63) is 53.1 Å². The lowest BCUT2D eigenvalue weighted by molar-refractivity contribution is 0.102. The molecule has 3 nitrogen and oxygen atoms in total. The van der Waals surface area contributed by atoms with Crippen LogP contribution in [-0.4, -0.2) is 15.6 Å². The van der Waals surface area contributed by atoms with E-state index in [1.54, 1.807) is 32.2 Å². The van der Waals surface area contributed by atoms with E-state index in [1.807, 2.05) is 0 Å². The van der Waals surface area contributed by atoms with Crippen molar-refractivity contribution in [2.75, 3.05) is 0 Å². The van der Waals surface area contributed by atoms with Crippen LogP contribution >= 0.6 is 0 Å². The van der Waals surface area contributed by atoms with E-state index in [-0.39, 0.29) is 11.3 Å². The van der Waals surface area contributed by atoms with Gasteiger partial charge in [-0.3, -0.25) is 9.48 Å². The third kappa shape index (κ3) is 1.74. The van der Waals surface area contributed by atoms with Crippen molar-refractivity contribution < 1.29 is 9.18 Å². The molecule has 82 valence electrons. The Kier molecular flexibility index (Phi) is 2.56. The molecule has 0 amide bonds. The Labute approximate surface area is 92.5 Å². The van der Waals surface area contributed by atoms with Crippen LogP contribution in [0, 0.1) is 12.7 Å². The Morgan fingerprint density at radius 2 is 2.06 bits per heavy atom. The van der Waals surface area contributed by atoms with Crippen molar-refractivity contribution in [2.24, 2.45) is 7.05 Å². The van der Waals surface area contributed by atoms with E-state index in [0.717, 1.165) is 5.69 Å². The van der Waals surface area contributed by atoms with Crippen LogP contribution in [0.1, 0.15) is 21.7 Å². The molecule has 0 saturated heterocycles. The third-order valence-electron chi connectivity index (χ3n) is 2.35. The molecule has 2 rings (SSSR count). The molecular formula is C12H11FN2O. The fraction of sp³-hybridized carbons (Fsp3) is 0.167. The SMILES string of the molecule is Cc1cc(C(=O)c2ccccc2F)n(C)n1. The first kappa shape index (κ1) is 10.5. The summed E-state index contributed by atoms with van der Waals surface area (Å²) in [5.74, 6) is -0.854. The van der Waals surface area contributed by atoms with Gasteiger partial charge in [0.2, 0.25) is 5.78 Å². The second-order valence-electron chi connectivity index (χ2n) is 3.60. The molecule has 0 bridgehead atoms. The molecule has 0 fully saturated rings. The molecule has 2 aromatic rings. The predicted molar refractivity (Wildman–Crippen MR) is 57.8 cm³/mol. The van der Waals surface area contributed by atoms with E-state index in [9.17, 15) is 9.18 Å². The Morgan fingerprint density at radius 1 is 1.38 bits per heavy atom. The number of carbonyl (C=O) groups is 1. The number of aromatic nitrogens is 2. The highest BCUT2D eigenvalue weighted by Gasteiger charge is 2.17. The summed E-state index contributed by atoms with van der Waals surface area (Å²) in [6.45, 7) is 1.79. The first-order chi connectivity index (χ1) is 7.59. The molecule has 1 aromatic carbocycles. The maximum Gasteiger partial charge on any atom is 0.213 e. The zero-order valence-corrected chi connectivity index (χ0v) is 9.07. The minimum atomic E-state index is -0.508. The van der Waals surface area contributed by atoms with E-state index in [4.69, 9.17) is 0 Å². The smallest absolute Gasteiger partial charge is 0.213 e. The zero-order valence-electron chi connectivity index (χ0n) is 9.07. The van der Waals surface area contributed by atoms with E-state index < -0.39 is 5.82 Å². The Bertz CT molecular complexity index is 546. The summed E-state index contributed by atoms with van der Waals surface area (Å²) in [4.78, 5) is 12.0. The van der Waals surface area contributed by atoms with Crippen LogP contribution in [0.2, 0.25) is 0 Å². The number of rotatable bonds is 2. The molecule has 1 heterocycles. The Balaban J connectivity index is 2.47. The van der Waals surface area contributed by atoms with Gasteiger partial charge in [-0.25, -0.2) is 4.39 Å². The summed E-state index contributed by atoms with van der Waals surface area (Å²) in [5, 5.41) is 4.06. The van der Waals surface area contributed by atoms with E-state index >= 15 is 0 Å². The quantitative estimate of drug-likeness (QED) is 0.723. The van der Waals surface area contributed by atoms with Gasteiger partial charge in [0.05, 0.1) is 11.3 Å². The van der Waals surface area contributed by atoms with Gasteiger partial charge in [-0.2, -0.15) is 5.10 Å². The number of nitrogens with zero attached hydrogens (tertiary/aromatic N) is 2. The lowest BCUT2D eigenvalue weighted by Gasteiger charge is -2.02. The molecule has 0 unspecified atom stereocenters. The normalized spacial score (nSPS) is 10.4. The minimum Gasteiger partial charge on any atom is -0.287 e. The number of aryl methyl sites for hydroxylation is 2. The van der Waals surface area contributed by atoms with Gasteiger partial charge in [0.25, 0.3) is 0 Å². The number of carbonyl (C=O) groups excluding carboxylic acids is 1. The first-order valence-electron chi connectivity index (χ1n) is 4.89. The molecule has 0 aliphatic heterocycles. The van der Waals surface area contributed by atoms with Crippen molar-refractivity contribution in [1.29, 1.82) is 0 Å². The molecule has 0 atom stereocenters. The van der Waals surface area contributed by atoms with E-state index in [1.165, 1.54) is 16.8 Å². The van der Waals surface area contributed by atoms with Crippen molar-refractivity contribution >= 4 is 5.78 Å². The highest BCUT2D eigenvalue weighted by atomic mass is 19.1. The summed E-state index contributed by atoms with van der Waals surface area (Å²) in [5.41, 5.74) is 1.20. The van der Waals surface area contributed by atoms with Crippen LogP contribution < -0.4 is 0 Å². The number of hydrogen-bond acceptors (Lipinski definition) is 2. The lowest BCUT2D eigenvalue weighted by atomic mass is 10.1. The van der Waals surface area contributed by atoms with Gasteiger partial charge in [0.15, 0.2) is 0 Å². The molecule has 0 radical (unpaired) electrons. The van der Waals surface area contributed by atoms with Crippen LogP contribution in [0.5, 0.6) is 0 Å². The Morgan fingerprint density at radius 3 is 2.62 bits per heavy atom. The molecule has 0 spiro atoms. The van der Waals surface area contributed by atoms with Gasteiger partial charge >= 0.3 is 0 Å². The number of ketones is 1. The van der Waals surface area contributed by atoms with E-state index in [2.05, 4.69) is 5.10 Å². The van der Waals surface area contributed by atoms with Crippen molar-refractivity contribution in [2.45, 2.75) is 6.92 Å². The fourth-order valence-electron chi connectivity index (χ4n) is 1.61. The van der Waals surface area contributed by atoms with Gasteiger partial charge in [-0.15, -0.1) is 0 Å². The second kappa shape index (κ2) is 3.89. The third-order valence-corrected chi connectivity index (χ3v) is 2.35. The summed E-state index contributed by atoms with van der Waals surface area (Å²) in [6, 6.07) is 7.59. The molecule has 1 aromatic heterocycles. The summed E-state index contributed by atoms with van der Waals surface area (Å²) in [7, 11) is 1.67. The molecule has 0 saturated carbocycles. The summed E-state index contributed by atoms with van der Waals surface area (Å²) < 4.78 is 14.9. The van der Waals surface area contributed by atoms with Gasteiger partial charge in [0.1, 0.15) is 11.5 Å². The standard InChI is InChI=1S/C12H11FN2O/c1-8-7-11(15(2)14-8)12(16)9-5-3-4-6-10(9)13/h3-7H,1-2H3. The molecule has 4 heteroatoms. The first-order valence-corrected chi connectivity index (χ1v) is 4.89. The van der Waals surface area contributed by atoms with Crippen molar-refractivity contribution in [3.63, 3.8) is 0 Å². The molecule has 16 heavy (non-hydrogen) atoms. The molecule has 0 aliphatic rings. The highest BCUT2D eigenvalue weighted by molar-refractivity contribution is 6.08. The zero-order chi connectivity index (χ0) is 11.7. The second-order valence-corrected chi connectivity index (χ2v) is 3.60. The maximum atomic E-state index is 13.4. The Hall–Kier alpha value is -1.97. The minimum absolute atomic E-state index is 0.0745. The summed E-state index contributed by atoms with van der Waals surface area (Å²) >= 11 is 0. The fourth-order valence-corrected chi connectivity index (χ4v) is 1.61. The average molecular weight is 218 g/mol. The molecule has 0 N–H and O–H groups in total. The predicted octanol–water partition coefficient (Wildman–Crippen LogP) is 2.10. The molecular weight excluding hydrogens is 207 g/mol. The number of hydrogen-bond donors (Lipinski definition) is 0. The van der Waals surface area contributed by atoms with Gasteiger partial charge in [-0.1, -0.05) is 12.1 Å². The van der Waals surface area contributed by atoms with Crippen LogP contribution in [0.15, 0.2) is 30.3 Å². The van der Waals surface area contributed by atoms with Gasteiger partial charge < -0.3 is 0 Å². The average Bonchev–Trinajstić information content (AvgIpc) is 2.58. The van der Waals surface area contributed by atoms with Crippen molar-refractivity contribution in [3.8, 4) is 0 Å². The van der Waals surface area contributed by atoms with Crippen molar-refractivity contribution in [1.82, 2.24) is 9.78 Å². The van der Waals surface area contributed by atoms with E-state index in [0.29, 0.717) is 5.69 Å². The van der Waals surface area contributed by atoms with Crippen LogP contribution in [0.4, 0.5) is 4.39 Å².